The fourth-order valence-corrected chi connectivity index (χ4v) is 1.82. The summed E-state index contributed by atoms with van der Waals surface area (Å²) >= 11 is 0. The molecule has 0 saturated heterocycles. The lowest BCUT2D eigenvalue weighted by atomic mass is 9.79. The Bertz CT molecular complexity index is 423. The Labute approximate surface area is 108 Å². The van der Waals surface area contributed by atoms with E-state index < -0.39 is 5.97 Å². The molecule has 3 nitrogen and oxygen atoms in total. The second-order valence-corrected chi connectivity index (χ2v) is 4.38. The van der Waals surface area contributed by atoms with E-state index in [0.29, 0.717) is 6.61 Å². The third kappa shape index (κ3) is 3.36. The first-order chi connectivity index (χ1) is 8.53. The molecule has 0 amide bonds. The van der Waals surface area contributed by atoms with Gasteiger partial charge in [0.15, 0.2) is 0 Å². The van der Waals surface area contributed by atoms with Gasteiger partial charge in [-0.2, -0.15) is 0 Å². The number of rotatable bonds is 6. The van der Waals surface area contributed by atoms with Crippen molar-refractivity contribution in [3.63, 3.8) is 0 Å². The summed E-state index contributed by atoms with van der Waals surface area (Å²) in [6.45, 7) is 6.19. The predicted molar refractivity (Wildman–Crippen MR) is 71.4 cm³/mol. The molecule has 18 heavy (non-hydrogen) atoms. The Morgan fingerprint density at radius 2 is 1.94 bits per heavy atom. The largest absolute Gasteiger partial charge is 0.487 e. The van der Waals surface area contributed by atoms with Crippen LogP contribution in [-0.2, 0) is 14.9 Å². The number of benzene rings is 1. The van der Waals surface area contributed by atoms with Crippen LogP contribution in [0, 0.1) is 0 Å². The summed E-state index contributed by atoms with van der Waals surface area (Å²) in [6, 6.07) is 9.87. The van der Waals surface area contributed by atoms with Gasteiger partial charge < -0.3 is 9.84 Å². The number of carboxylic acids is 1. The molecule has 1 atom stereocenters. The van der Waals surface area contributed by atoms with Gasteiger partial charge >= 0.3 is 5.97 Å². The molecule has 0 aliphatic carbocycles. The molecule has 0 aromatic heterocycles. The third-order valence-corrected chi connectivity index (χ3v) is 3.13. The van der Waals surface area contributed by atoms with Crippen LogP contribution in [0.15, 0.2) is 42.2 Å². The minimum absolute atomic E-state index is 0.0192. The first kappa shape index (κ1) is 14.3. The highest BCUT2D eigenvalue weighted by Gasteiger charge is 2.25. The lowest BCUT2D eigenvalue weighted by molar-refractivity contribution is -0.136. The van der Waals surface area contributed by atoms with Crippen molar-refractivity contribution in [1.29, 1.82) is 0 Å². The second-order valence-electron chi connectivity index (χ2n) is 4.38. The molecule has 0 radical (unpaired) electrons. The van der Waals surface area contributed by atoms with Crippen molar-refractivity contribution < 1.29 is 14.6 Å². The Kier molecular flexibility index (Phi) is 4.95. The average molecular weight is 248 g/mol. The highest BCUT2D eigenvalue weighted by molar-refractivity contribution is 5.84. The maximum atomic E-state index is 11.1. The lowest BCUT2D eigenvalue weighted by Gasteiger charge is -2.25. The minimum Gasteiger partial charge on any atom is -0.487 e. The Morgan fingerprint density at radius 3 is 2.39 bits per heavy atom. The van der Waals surface area contributed by atoms with E-state index in [-0.39, 0.29) is 11.2 Å². The highest BCUT2D eigenvalue weighted by Crippen LogP contribution is 2.30. The van der Waals surface area contributed by atoms with E-state index in [4.69, 9.17) is 9.84 Å². The van der Waals surface area contributed by atoms with Gasteiger partial charge in [0.1, 0.15) is 0 Å². The summed E-state index contributed by atoms with van der Waals surface area (Å²) in [7, 11) is 0. The molecule has 3 heteroatoms. The Balaban J connectivity index is 3.15. The van der Waals surface area contributed by atoms with E-state index in [0.717, 1.165) is 12.0 Å². The van der Waals surface area contributed by atoms with E-state index in [2.05, 4.69) is 0 Å². The number of hydrogen-bond donors (Lipinski definition) is 1. The van der Waals surface area contributed by atoms with E-state index in [9.17, 15) is 4.79 Å². The molecule has 0 heterocycles. The van der Waals surface area contributed by atoms with Gasteiger partial charge in [-0.25, -0.2) is 4.79 Å². The fraction of sp³-hybridized carbons (Fsp3) is 0.400. The lowest BCUT2D eigenvalue weighted by Crippen LogP contribution is -2.20. The zero-order valence-electron chi connectivity index (χ0n) is 11.1. The first-order valence-corrected chi connectivity index (χ1v) is 6.18. The highest BCUT2D eigenvalue weighted by atomic mass is 16.5. The van der Waals surface area contributed by atoms with Gasteiger partial charge in [0.05, 0.1) is 6.61 Å². The van der Waals surface area contributed by atoms with E-state index >= 15 is 0 Å². The molecule has 1 aromatic rings. The van der Waals surface area contributed by atoms with Crippen LogP contribution < -0.4 is 0 Å². The molecule has 0 aliphatic rings. The smallest absolute Gasteiger partial charge is 0.370 e. The van der Waals surface area contributed by atoms with E-state index in [1.165, 1.54) is 0 Å². The number of carbonyl (C=O) groups is 1. The van der Waals surface area contributed by atoms with Gasteiger partial charge in [-0.05, 0) is 25.0 Å². The van der Waals surface area contributed by atoms with Crippen molar-refractivity contribution in [2.75, 3.05) is 6.61 Å². The maximum Gasteiger partial charge on any atom is 0.370 e. The van der Waals surface area contributed by atoms with Gasteiger partial charge in [-0.15, -0.1) is 0 Å². The molecular formula is C15H20O3. The fourth-order valence-electron chi connectivity index (χ4n) is 1.82. The van der Waals surface area contributed by atoms with Crippen LogP contribution in [0.5, 0.6) is 0 Å². The normalized spacial score (nSPS) is 14.9. The van der Waals surface area contributed by atoms with Crippen molar-refractivity contribution in [2.45, 2.75) is 32.6 Å². The quantitative estimate of drug-likeness (QED) is 0.620. The van der Waals surface area contributed by atoms with Crippen molar-refractivity contribution in [3.05, 3.63) is 47.7 Å². The van der Waals surface area contributed by atoms with Crippen LogP contribution in [-0.4, -0.2) is 17.7 Å². The molecular weight excluding hydrogens is 228 g/mol. The molecule has 1 rings (SSSR count). The third-order valence-electron chi connectivity index (χ3n) is 3.13. The summed E-state index contributed by atoms with van der Waals surface area (Å²) < 4.78 is 5.18. The van der Waals surface area contributed by atoms with Crippen molar-refractivity contribution in [1.82, 2.24) is 0 Å². The zero-order valence-corrected chi connectivity index (χ0v) is 11.1. The van der Waals surface area contributed by atoms with Gasteiger partial charge in [0, 0.05) is 5.41 Å². The van der Waals surface area contributed by atoms with Gasteiger partial charge in [0.2, 0.25) is 5.76 Å². The predicted octanol–water partition coefficient (Wildman–Crippen LogP) is 3.36. The van der Waals surface area contributed by atoms with Crippen LogP contribution in [0.3, 0.4) is 0 Å². The zero-order chi connectivity index (χ0) is 13.6. The summed E-state index contributed by atoms with van der Waals surface area (Å²) in [5.74, 6) is -1.00. The maximum absolute atomic E-state index is 11.1. The number of hydrogen-bond acceptors (Lipinski definition) is 2. The van der Waals surface area contributed by atoms with Gasteiger partial charge in [-0.1, -0.05) is 44.2 Å². The number of aliphatic carboxylic acids is 1. The molecule has 1 unspecified atom stereocenters. The van der Waals surface area contributed by atoms with Crippen LogP contribution in [0.25, 0.3) is 0 Å². The molecule has 0 fully saturated rings. The summed E-state index contributed by atoms with van der Waals surface area (Å²) in [6.07, 6.45) is 2.51. The number of carboxylic acid groups (broad SMARTS) is 1. The number of ether oxygens (including phenoxy) is 1. The molecule has 0 aliphatic heterocycles. The Morgan fingerprint density at radius 1 is 1.33 bits per heavy atom. The topological polar surface area (TPSA) is 46.5 Å². The first-order valence-electron chi connectivity index (χ1n) is 6.18. The summed E-state index contributed by atoms with van der Waals surface area (Å²) in [4.78, 5) is 11.1. The van der Waals surface area contributed by atoms with Crippen LogP contribution in [0.4, 0.5) is 0 Å². The Hall–Kier alpha value is -1.77. The van der Waals surface area contributed by atoms with Crippen LogP contribution >= 0.6 is 0 Å². The molecule has 1 aromatic carbocycles. The molecule has 0 saturated carbocycles. The minimum atomic E-state index is -1.02. The van der Waals surface area contributed by atoms with Crippen molar-refractivity contribution >= 4 is 5.97 Å². The average Bonchev–Trinajstić information content (AvgIpc) is 2.39. The molecule has 0 spiro atoms. The van der Waals surface area contributed by atoms with Crippen molar-refractivity contribution in [2.24, 2.45) is 0 Å². The molecule has 98 valence electrons. The van der Waals surface area contributed by atoms with Gasteiger partial charge in [0.25, 0.3) is 0 Å². The summed E-state index contributed by atoms with van der Waals surface area (Å²) in [5, 5.41) is 9.12. The monoisotopic (exact) mass is 248 g/mol. The van der Waals surface area contributed by atoms with E-state index in [1.54, 1.807) is 13.0 Å². The van der Waals surface area contributed by atoms with Gasteiger partial charge in [-0.3, -0.25) is 0 Å². The molecule has 0 bridgehead atoms. The standard InChI is InChI=1S/C15H20O3/c1-4-15(3,12-9-7-6-8-10-12)11-13(14(16)17)18-5-2/h6-11H,4-5H2,1-3H3,(H,16,17). The number of allylic oxidation sites excluding steroid dienone is 1. The van der Waals surface area contributed by atoms with E-state index in [1.807, 2.05) is 44.2 Å². The van der Waals surface area contributed by atoms with Crippen molar-refractivity contribution in [3.8, 4) is 0 Å². The summed E-state index contributed by atoms with van der Waals surface area (Å²) in [5.41, 5.74) is 0.760. The van der Waals surface area contributed by atoms with Crippen LogP contribution in [0.1, 0.15) is 32.8 Å². The SMILES string of the molecule is CCOC(=CC(C)(CC)c1ccccc1)C(=O)O. The van der Waals surface area contributed by atoms with Crippen LogP contribution in [0.2, 0.25) is 0 Å². The second kappa shape index (κ2) is 6.24. The molecule has 1 N–H and O–H groups in total.